The molecule has 12 nitrogen and oxygen atoms in total. The normalized spacial score (nSPS) is 20.4. The van der Waals surface area contributed by atoms with Crippen molar-refractivity contribution >= 4 is 57.9 Å². The molecule has 7 N–H and O–H groups in total. The van der Waals surface area contributed by atoms with Crippen LogP contribution in [0, 0.1) is 29.3 Å². The number of phenols is 1. The zero-order valence-corrected chi connectivity index (χ0v) is 40.5. The molecule has 0 saturated carbocycles. The third-order valence-corrected chi connectivity index (χ3v) is 19.5. The van der Waals surface area contributed by atoms with Crippen molar-refractivity contribution in [2.24, 2.45) is 17.6 Å². The number of hydrogen-bond donors (Lipinski definition) is 6. The van der Waals surface area contributed by atoms with Gasteiger partial charge in [-0.3, -0.25) is 24.1 Å². The van der Waals surface area contributed by atoms with Gasteiger partial charge >= 0.3 is 203 Å². The number of aliphatic hydroxyl groups is 3. The van der Waals surface area contributed by atoms with E-state index in [1.165, 1.54) is 41.3 Å². The van der Waals surface area contributed by atoms with Gasteiger partial charge in [-0.05, 0) is 44.5 Å². The number of nitrogens with zero attached hydrogens (tertiary/aromatic N) is 2. The minimum atomic E-state index is -2.78. The minimum absolute atomic E-state index is 0.0140. The van der Waals surface area contributed by atoms with Gasteiger partial charge in [-0.15, -0.1) is 0 Å². The molecule has 0 saturated heterocycles. The third-order valence-electron chi connectivity index (χ3n) is 14.4. The number of ketones is 2. The van der Waals surface area contributed by atoms with Gasteiger partial charge in [0.2, 0.25) is 5.78 Å². The molecule has 0 radical (unpaired) electrons. The quantitative estimate of drug-likeness (QED) is 0.0243. The molecule has 4 aromatic carbocycles. The second-order valence-electron chi connectivity index (χ2n) is 19.2. The Morgan fingerprint density at radius 2 is 1.23 bits per heavy atom. The zero-order valence-electron chi connectivity index (χ0n) is 39.5. The summed E-state index contributed by atoms with van der Waals surface area (Å²) < 4.78 is 42.4. The zero-order chi connectivity index (χ0) is 49.9. The van der Waals surface area contributed by atoms with Gasteiger partial charge < -0.3 is 36.4 Å². The van der Waals surface area contributed by atoms with E-state index in [2.05, 4.69) is 5.32 Å². The number of likely N-dealkylation sites (N-methyl/N-ethyl adjacent to an activating group) is 1. The molecule has 0 heterocycles. The largest absolute Gasteiger partial charge is 0.510 e. The number of halogens is 3. The predicted molar refractivity (Wildman–Crippen MR) is 264 cm³/mol. The second-order valence-corrected chi connectivity index (χ2v) is 23.2. The summed E-state index contributed by atoms with van der Waals surface area (Å²) in [6.07, 6.45) is 9.12. The SMILES string of the molecule is CN(C)c1cc(NC(=O)CCCCCCCCCCC[PH](c2ccc(F)cc2)(c2ccc(F)cc2)c2ccc(F)cc2)c(O)c2c1C[C@H]1C[C@H]3[C@H](N(C)C)C(O)=C(C(N)=O)C(=O)[C@@]3(O)C(O)=C1C2=O. The molecule has 0 unspecified atom stereocenters. The topological polar surface area (TPSA) is 194 Å². The minimum Gasteiger partial charge on any atom is -0.510 e. The Hall–Kier alpha value is -6.02. The number of hydrogen-bond acceptors (Lipinski definition) is 10. The van der Waals surface area contributed by atoms with Crippen molar-refractivity contribution in [1.29, 1.82) is 0 Å². The van der Waals surface area contributed by atoms with Crippen molar-refractivity contribution in [3.63, 3.8) is 0 Å². The number of nitrogens with two attached hydrogens (primary N) is 1. The predicted octanol–water partition coefficient (Wildman–Crippen LogP) is 7.17. The maximum atomic E-state index is 14.4. The van der Waals surface area contributed by atoms with Crippen LogP contribution in [0.3, 0.4) is 0 Å². The molecule has 0 bridgehead atoms. The van der Waals surface area contributed by atoms with Gasteiger partial charge in [-0.2, -0.15) is 0 Å². The summed E-state index contributed by atoms with van der Waals surface area (Å²) in [7, 11) is 3.85. The van der Waals surface area contributed by atoms with Crippen LogP contribution in [0.25, 0.3) is 0 Å². The number of benzene rings is 4. The van der Waals surface area contributed by atoms with Crippen LogP contribution in [-0.2, 0) is 20.8 Å². The summed E-state index contributed by atoms with van der Waals surface area (Å²) in [6, 6.07) is 20.0. The Bertz CT molecular complexity index is 2560. The number of phenolic OH excluding ortho intramolecular Hbond substituents is 1. The number of Topliss-reactive ketones (excluding diaryl/α,β-unsaturated/α-hetero) is 2. The standard InChI is InChI=1S/C53H62F3N4O8P/c1-59(2)41-30-40(47(62)44-38(41)28-31-29-39-46(60(3)4)49(64)45(52(57)67)51(66)53(39,68)50(65)43(31)48(44)63)58-42(61)14-12-10-8-6-5-7-9-11-13-27-69(35-21-15-32(54)16-22-35,36-23-17-33(55)18-24-36)37-25-19-34(56)20-26-37/h15-26,30-31,39,46,62,64-65,68-69H,5-14,27-29H2,1-4H3,(H2,57,67)(H,58,61)/t31-,39-,46-,53-/m0/s1. The molecule has 7 rings (SSSR count). The average molecular weight is 971 g/mol. The molecular weight excluding hydrogens is 909 g/mol. The van der Waals surface area contributed by atoms with Gasteiger partial charge in [0.25, 0.3) is 5.91 Å². The monoisotopic (exact) mass is 970 g/mol. The smallest absolute Gasteiger partial charge is 0.255 e. The summed E-state index contributed by atoms with van der Waals surface area (Å²) in [4.78, 5) is 56.9. The number of fused-ring (bicyclic) bond motifs is 3. The summed E-state index contributed by atoms with van der Waals surface area (Å²) in [5.41, 5.74) is 2.30. The van der Waals surface area contributed by atoms with Crippen LogP contribution in [-0.4, -0.2) is 94.7 Å². The summed E-state index contributed by atoms with van der Waals surface area (Å²) in [5, 5.41) is 52.0. The average Bonchev–Trinajstić information content (AvgIpc) is 3.29. The Labute approximate surface area is 401 Å². The molecule has 2 amide bonds. The van der Waals surface area contributed by atoms with Crippen LogP contribution in [0.4, 0.5) is 24.5 Å². The van der Waals surface area contributed by atoms with Crippen LogP contribution in [0.15, 0.2) is 102 Å². The number of allylic oxidation sites excluding steroid dienone is 1. The molecule has 3 aliphatic rings. The molecule has 0 aromatic heterocycles. The summed E-state index contributed by atoms with van der Waals surface area (Å²) in [6.45, 7) is 0. The number of anilines is 2. The van der Waals surface area contributed by atoms with Crippen LogP contribution in [0.1, 0.15) is 86.6 Å². The molecule has 0 spiro atoms. The van der Waals surface area contributed by atoms with Crippen molar-refractivity contribution in [3.8, 4) is 5.75 Å². The summed E-state index contributed by atoms with van der Waals surface area (Å²) >= 11 is 0. The molecule has 3 aliphatic carbocycles. The van der Waals surface area contributed by atoms with E-state index >= 15 is 0 Å². The van der Waals surface area contributed by atoms with Crippen molar-refractivity contribution in [2.45, 2.75) is 88.7 Å². The van der Waals surface area contributed by atoms with Crippen LogP contribution < -0.4 is 31.9 Å². The molecule has 368 valence electrons. The van der Waals surface area contributed by atoms with Crippen molar-refractivity contribution in [1.82, 2.24) is 4.90 Å². The Kier molecular flexibility index (Phi) is 15.4. The van der Waals surface area contributed by atoms with E-state index in [0.717, 1.165) is 73.4 Å². The van der Waals surface area contributed by atoms with Gasteiger partial charge in [0.1, 0.15) is 17.1 Å². The molecule has 4 aromatic rings. The van der Waals surface area contributed by atoms with Crippen molar-refractivity contribution in [3.05, 3.63) is 130 Å². The van der Waals surface area contributed by atoms with Crippen molar-refractivity contribution < 1.29 is 52.8 Å². The number of nitrogens with one attached hydrogen (secondary N) is 1. The Balaban J connectivity index is 0.935. The van der Waals surface area contributed by atoms with Gasteiger partial charge in [0, 0.05) is 31.3 Å². The molecule has 69 heavy (non-hydrogen) atoms. The molecule has 0 fully saturated rings. The molecular formula is C53H62F3N4O8P. The van der Waals surface area contributed by atoms with E-state index in [1.54, 1.807) is 75.6 Å². The first-order valence-electron chi connectivity index (χ1n) is 23.6. The van der Waals surface area contributed by atoms with Crippen LogP contribution in [0.5, 0.6) is 5.75 Å². The Morgan fingerprint density at radius 1 is 0.754 bits per heavy atom. The maximum Gasteiger partial charge on any atom is 0.255 e. The first-order chi connectivity index (χ1) is 32.8. The van der Waals surface area contributed by atoms with E-state index < -0.39 is 71.1 Å². The number of carbonyl (C=O) groups is 4. The number of aromatic hydroxyl groups is 1. The van der Waals surface area contributed by atoms with E-state index in [9.17, 15) is 52.8 Å². The van der Waals surface area contributed by atoms with Gasteiger partial charge in [0.05, 0.1) is 17.3 Å². The van der Waals surface area contributed by atoms with E-state index in [0.29, 0.717) is 17.7 Å². The Morgan fingerprint density at radius 3 is 1.70 bits per heavy atom. The fraction of sp³-hybridized carbons (Fsp3) is 0.396. The maximum absolute atomic E-state index is 14.4. The second kappa shape index (κ2) is 20.9. The number of primary amides is 1. The van der Waals surface area contributed by atoms with E-state index in [4.69, 9.17) is 5.73 Å². The van der Waals surface area contributed by atoms with Crippen LogP contribution >= 0.6 is 7.26 Å². The van der Waals surface area contributed by atoms with Crippen LogP contribution in [0.2, 0.25) is 0 Å². The fourth-order valence-corrected chi connectivity index (χ4v) is 15.9. The number of carbonyl (C=O) groups excluding carboxylic acids is 4. The van der Waals surface area contributed by atoms with E-state index in [-0.39, 0.29) is 59.4 Å². The van der Waals surface area contributed by atoms with Crippen molar-refractivity contribution in [2.75, 3.05) is 44.6 Å². The molecule has 0 aliphatic heterocycles. The van der Waals surface area contributed by atoms with Gasteiger partial charge in [0.15, 0.2) is 17.1 Å². The van der Waals surface area contributed by atoms with Gasteiger partial charge in [-0.25, -0.2) is 0 Å². The number of rotatable bonds is 19. The third kappa shape index (κ3) is 9.78. The molecule has 4 atom stereocenters. The number of amides is 2. The number of aliphatic hydroxyl groups excluding tert-OH is 2. The van der Waals surface area contributed by atoms with E-state index in [1.807, 2.05) is 0 Å². The molecule has 16 heteroatoms. The fourth-order valence-electron chi connectivity index (χ4n) is 11.1. The first-order valence-corrected chi connectivity index (χ1v) is 25.8. The number of unbranched alkanes of at least 4 members (excludes halogenated alkanes) is 8. The summed E-state index contributed by atoms with van der Waals surface area (Å²) in [5.74, 6) is -8.89. The first kappa shape index (κ1) is 50.8. The van der Waals surface area contributed by atoms with Gasteiger partial charge in [-0.1, -0.05) is 0 Å².